The molecule has 1 N–H and O–H groups in total. The second kappa shape index (κ2) is 7.29. The van der Waals surface area contributed by atoms with Crippen molar-refractivity contribution in [3.05, 3.63) is 110 Å². The Morgan fingerprint density at radius 1 is 1.03 bits per heavy atom. The van der Waals surface area contributed by atoms with Crippen molar-refractivity contribution in [3.8, 4) is 5.75 Å². The predicted molar refractivity (Wildman–Crippen MR) is 118 cm³/mol. The summed E-state index contributed by atoms with van der Waals surface area (Å²) in [6.07, 6.45) is 0. The van der Waals surface area contributed by atoms with Crippen molar-refractivity contribution >= 4 is 28.5 Å². The van der Waals surface area contributed by atoms with E-state index in [-0.39, 0.29) is 28.4 Å². The SMILES string of the molecule is Cc1ccc(CN2C(=O)c3oc4ccc(Cl)cc4c(=O)c3[C@@H]2c2cccc(O)c2)cc1. The number of fused-ring (bicyclic) bond motifs is 2. The Morgan fingerprint density at radius 3 is 2.55 bits per heavy atom. The molecule has 5 nitrogen and oxygen atoms in total. The fourth-order valence-electron chi connectivity index (χ4n) is 4.09. The summed E-state index contributed by atoms with van der Waals surface area (Å²) in [6, 6.07) is 18.5. The van der Waals surface area contributed by atoms with Crippen molar-refractivity contribution in [1.29, 1.82) is 0 Å². The topological polar surface area (TPSA) is 70.8 Å². The van der Waals surface area contributed by atoms with Crippen LogP contribution in [0.15, 0.2) is 75.9 Å². The molecular formula is C25H18ClNO4. The first-order valence-electron chi connectivity index (χ1n) is 9.84. The molecule has 0 saturated carbocycles. The normalized spacial score (nSPS) is 15.5. The van der Waals surface area contributed by atoms with Gasteiger partial charge in [0.2, 0.25) is 5.76 Å². The second-order valence-corrected chi connectivity index (χ2v) is 8.17. The Kier molecular flexibility index (Phi) is 4.56. The molecule has 0 spiro atoms. The number of phenols is 1. The summed E-state index contributed by atoms with van der Waals surface area (Å²) in [5, 5.41) is 10.8. The lowest BCUT2D eigenvalue weighted by Gasteiger charge is -2.25. The fourth-order valence-corrected chi connectivity index (χ4v) is 4.26. The first-order valence-corrected chi connectivity index (χ1v) is 10.2. The largest absolute Gasteiger partial charge is 0.508 e. The van der Waals surface area contributed by atoms with Gasteiger partial charge >= 0.3 is 0 Å². The van der Waals surface area contributed by atoms with Crippen LogP contribution in [0.4, 0.5) is 0 Å². The van der Waals surface area contributed by atoms with Gasteiger partial charge in [0.1, 0.15) is 11.3 Å². The van der Waals surface area contributed by atoms with Crippen molar-refractivity contribution < 1.29 is 14.3 Å². The molecular weight excluding hydrogens is 414 g/mol. The van der Waals surface area contributed by atoms with Crippen molar-refractivity contribution in [1.82, 2.24) is 4.90 Å². The van der Waals surface area contributed by atoms with Gasteiger partial charge in [0.05, 0.1) is 17.0 Å². The lowest BCUT2D eigenvalue weighted by molar-refractivity contribution is 0.0714. The number of carbonyl (C=O) groups excluding carboxylic acids is 1. The van der Waals surface area contributed by atoms with Gasteiger partial charge in [-0.25, -0.2) is 0 Å². The molecule has 1 aromatic heterocycles. The van der Waals surface area contributed by atoms with E-state index in [1.165, 1.54) is 0 Å². The minimum atomic E-state index is -0.685. The number of amides is 1. The highest BCUT2D eigenvalue weighted by molar-refractivity contribution is 6.31. The van der Waals surface area contributed by atoms with E-state index in [1.807, 2.05) is 31.2 Å². The molecule has 0 aliphatic carbocycles. The number of aryl methyl sites for hydroxylation is 1. The number of nitrogens with zero attached hydrogens (tertiary/aromatic N) is 1. The van der Waals surface area contributed by atoms with Crippen molar-refractivity contribution in [2.45, 2.75) is 19.5 Å². The summed E-state index contributed by atoms with van der Waals surface area (Å²) in [5.41, 5.74) is 2.95. The Bertz CT molecular complexity index is 1390. The quantitative estimate of drug-likeness (QED) is 0.483. The van der Waals surface area contributed by atoms with Crippen LogP contribution < -0.4 is 5.43 Å². The van der Waals surface area contributed by atoms with Crippen LogP contribution in [0.1, 0.15) is 38.9 Å². The van der Waals surface area contributed by atoms with E-state index in [1.54, 1.807) is 47.4 Å². The van der Waals surface area contributed by atoms with Gasteiger partial charge in [0.15, 0.2) is 5.43 Å². The number of hydrogen-bond donors (Lipinski definition) is 1. The molecule has 1 amide bonds. The molecule has 0 radical (unpaired) electrons. The number of phenolic OH excluding ortho intramolecular Hbond substituents is 1. The highest BCUT2D eigenvalue weighted by atomic mass is 35.5. The summed E-state index contributed by atoms with van der Waals surface area (Å²) < 4.78 is 5.91. The highest BCUT2D eigenvalue weighted by Gasteiger charge is 2.42. The standard InChI is InChI=1S/C25H18ClNO4/c1-14-5-7-15(8-6-14)13-27-22(16-3-2-4-18(28)11-16)21-23(29)19-12-17(26)9-10-20(19)31-24(21)25(27)30/h2-12,22,28H,13H2,1H3/t22-/m0/s1. The summed E-state index contributed by atoms with van der Waals surface area (Å²) in [6.45, 7) is 2.29. The zero-order valence-corrected chi connectivity index (χ0v) is 17.4. The number of hydrogen-bond acceptors (Lipinski definition) is 4. The van der Waals surface area contributed by atoms with Crippen molar-refractivity contribution in [3.63, 3.8) is 0 Å². The molecule has 2 heterocycles. The van der Waals surface area contributed by atoms with Gasteiger partial charge in [-0.05, 0) is 48.4 Å². The molecule has 0 saturated heterocycles. The van der Waals surface area contributed by atoms with Crippen LogP contribution in [-0.4, -0.2) is 15.9 Å². The van der Waals surface area contributed by atoms with E-state index in [9.17, 15) is 14.7 Å². The van der Waals surface area contributed by atoms with Crippen LogP contribution in [0, 0.1) is 6.92 Å². The third-order valence-electron chi connectivity index (χ3n) is 5.59. The molecule has 1 aliphatic heterocycles. The van der Waals surface area contributed by atoms with Crippen molar-refractivity contribution in [2.24, 2.45) is 0 Å². The maximum atomic E-state index is 13.5. The molecule has 1 atom stereocenters. The second-order valence-electron chi connectivity index (χ2n) is 7.73. The highest BCUT2D eigenvalue weighted by Crippen LogP contribution is 2.40. The third-order valence-corrected chi connectivity index (χ3v) is 5.82. The van der Waals surface area contributed by atoms with Gasteiger partial charge in [-0.3, -0.25) is 9.59 Å². The maximum Gasteiger partial charge on any atom is 0.291 e. The molecule has 0 bridgehead atoms. The Morgan fingerprint density at radius 2 is 1.81 bits per heavy atom. The van der Waals surface area contributed by atoms with Gasteiger partial charge in [-0.2, -0.15) is 0 Å². The van der Waals surface area contributed by atoms with E-state index in [0.717, 1.165) is 11.1 Å². The van der Waals surface area contributed by atoms with Gasteiger partial charge in [0, 0.05) is 11.6 Å². The maximum absolute atomic E-state index is 13.5. The molecule has 0 unspecified atom stereocenters. The molecule has 1 aliphatic rings. The van der Waals surface area contributed by atoms with Crippen LogP contribution in [0.25, 0.3) is 11.0 Å². The number of rotatable bonds is 3. The molecule has 6 heteroatoms. The molecule has 5 rings (SSSR count). The number of carbonyl (C=O) groups is 1. The fraction of sp³-hybridized carbons (Fsp3) is 0.120. The van der Waals surface area contributed by atoms with E-state index in [2.05, 4.69) is 0 Å². The third kappa shape index (κ3) is 3.27. The number of benzene rings is 3. The molecule has 4 aromatic rings. The van der Waals surface area contributed by atoms with Gasteiger partial charge < -0.3 is 14.4 Å². The van der Waals surface area contributed by atoms with Crippen LogP contribution in [0.5, 0.6) is 5.75 Å². The van der Waals surface area contributed by atoms with E-state index in [4.69, 9.17) is 16.0 Å². The number of halogens is 1. The number of aromatic hydroxyl groups is 1. The Labute approximate surface area is 183 Å². The average molecular weight is 432 g/mol. The minimum Gasteiger partial charge on any atom is -0.508 e. The van der Waals surface area contributed by atoms with Gasteiger partial charge in [0.25, 0.3) is 5.91 Å². The zero-order chi connectivity index (χ0) is 21.7. The lowest BCUT2D eigenvalue weighted by Crippen LogP contribution is -2.29. The van der Waals surface area contributed by atoms with Crippen LogP contribution >= 0.6 is 11.6 Å². The van der Waals surface area contributed by atoms with Crippen LogP contribution in [0.2, 0.25) is 5.02 Å². The smallest absolute Gasteiger partial charge is 0.291 e. The van der Waals surface area contributed by atoms with Crippen molar-refractivity contribution in [2.75, 3.05) is 0 Å². The summed E-state index contributed by atoms with van der Waals surface area (Å²) in [7, 11) is 0. The molecule has 0 fully saturated rings. The Balaban J connectivity index is 1.73. The summed E-state index contributed by atoms with van der Waals surface area (Å²) >= 11 is 6.10. The van der Waals surface area contributed by atoms with Crippen LogP contribution in [-0.2, 0) is 6.54 Å². The monoisotopic (exact) mass is 431 g/mol. The average Bonchev–Trinajstić information content (AvgIpc) is 3.02. The predicted octanol–water partition coefficient (Wildman–Crippen LogP) is 5.21. The Hall–Kier alpha value is -3.57. The zero-order valence-electron chi connectivity index (χ0n) is 16.6. The van der Waals surface area contributed by atoms with Gasteiger partial charge in [-0.1, -0.05) is 53.6 Å². The molecule has 3 aromatic carbocycles. The first-order chi connectivity index (χ1) is 14.9. The summed E-state index contributed by atoms with van der Waals surface area (Å²) in [4.78, 5) is 28.5. The minimum absolute atomic E-state index is 0.0280. The van der Waals surface area contributed by atoms with E-state index < -0.39 is 6.04 Å². The lowest BCUT2D eigenvalue weighted by atomic mass is 9.98. The first kappa shape index (κ1) is 19.4. The molecule has 31 heavy (non-hydrogen) atoms. The van der Waals surface area contributed by atoms with E-state index in [0.29, 0.717) is 28.1 Å². The molecule has 154 valence electrons. The summed E-state index contributed by atoms with van der Waals surface area (Å²) in [5.74, 6) is -0.278. The van der Waals surface area contributed by atoms with Gasteiger partial charge in [-0.15, -0.1) is 0 Å². The van der Waals surface area contributed by atoms with Crippen LogP contribution in [0.3, 0.4) is 0 Å². The van der Waals surface area contributed by atoms with E-state index >= 15 is 0 Å².